The standard InChI is InChI=1S/C25H29N9O3/c1-35-15-16-36-19-6-4-18(5-7-19)32-11-8-31(9-12-32)10-13-33-23-20(17-27-33)24-28-22(21-3-2-14-37-21)30-34(24)25(26)29-23/h2-7,14,17H,8-13,15-16H2,1H3,(H2,26,29)/i8D2,9D2,15D2,16D2,17D. The average molecular weight is 513 g/mol. The van der Waals surface area contributed by atoms with E-state index in [9.17, 15) is 0 Å². The number of fused-ring (bicyclic) bond motifs is 3. The van der Waals surface area contributed by atoms with Crippen LogP contribution in [0.3, 0.4) is 0 Å². The van der Waals surface area contributed by atoms with Crippen LogP contribution in [0.5, 0.6) is 5.75 Å². The molecule has 1 saturated heterocycles. The molecule has 0 bridgehead atoms. The van der Waals surface area contributed by atoms with E-state index in [2.05, 4.69) is 24.9 Å². The van der Waals surface area contributed by atoms with Gasteiger partial charge in [0.05, 0.1) is 37.8 Å². The van der Waals surface area contributed by atoms with Crippen LogP contribution in [0.25, 0.3) is 28.3 Å². The monoisotopic (exact) mass is 512 g/mol. The summed E-state index contributed by atoms with van der Waals surface area (Å²) in [6, 6.07) is 9.17. The lowest BCUT2D eigenvalue weighted by molar-refractivity contribution is 0.146. The Morgan fingerprint density at radius 2 is 1.95 bits per heavy atom. The number of benzene rings is 1. The molecule has 192 valence electrons. The molecule has 1 aromatic carbocycles. The SMILES string of the molecule is [2H]c1nn(CCN2C([2H])([2H])CN(c3ccc(OC([2H])([2H])C([2H])([2H])OC)cc3)CC2([2H])[2H])c2nc(N)n3nc(-c4ccco4)nc3c12. The Balaban J connectivity index is 1.20. The molecule has 0 atom stereocenters. The van der Waals surface area contributed by atoms with Crippen LogP contribution in [0.1, 0.15) is 12.3 Å². The predicted octanol–water partition coefficient (Wildman–Crippen LogP) is 2.16. The van der Waals surface area contributed by atoms with E-state index in [0.717, 1.165) is 12.0 Å². The van der Waals surface area contributed by atoms with E-state index in [0.29, 0.717) is 11.4 Å². The quantitative estimate of drug-likeness (QED) is 0.314. The number of nitrogens with two attached hydrogens (primary N) is 1. The van der Waals surface area contributed by atoms with Crippen LogP contribution < -0.4 is 15.4 Å². The first kappa shape index (κ1) is 15.2. The number of methoxy groups -OCH3 is 1. The largest absolute Gasteiger partial charge is 0.491 e. The molecular formula is C25H29N9O3. The van der Waals surface area contributed by atoms with Crippen molar-refractivity contribution in [2.24, 2.45) is 0 Å². The summed E-state index contributed by atoms with van der Waals surface area (Å²) >= 11 is 0. The lowest BCUT2D eigenvalue weighted by Gasteiger charge is -2.36. The number of nitrogens with zero attached hydrogens (tertiary/aromatic N) is 8. The summed E-state index contributed by atoms with van der Waals surface area (Å²) in [7, 11) is 1.03. The summed E-state index contributed by atoms with van der Waals surface area (Å²) in [5, 5.41) is 8.86. The second-order valence-electron chi connectivity index (χ2n) is 7.98. The van der Waals surface area contributed by atoms with Crippen molar-refractivity contribution < 1.29 is 26.2 Å². The van der Waals surface area contributed by atoms with Gasteiger partial charge in [-0.3, -0.25) is 4.90 Å². The van der Waals surface area contributed by atoms with Gasteiger partial charge in [-0.05, 0) is 36.4 Å². The van der Waals surface area contributed by atoms with Gasteiger partial charge in [0.15, 0.2) is 17.1 Å². The molecule has 2 N–H and O–H groups in total. The molecule has 0 saturated carbocycles. The van der Waals surface area contributed by atoms with Crippen molar-refractivity contribution in [2.75, 3.05) is 63.5 Å². The average Bonchev–Trinajstić information content (AvgIpc) is 3.71. The number of hydrogen-bond donors (Lipinski definition) is 1. The van der Waals surface area contributed by atoms with Gasteiger partial charge < -0.3 is 24.5 Å². The molecule has 0 spiro atoms. The van der Waals surface area contributed by atoms with Gasteiger partial charge in [-0.1, -0.05) is 0 Å². The lowest BCUT2D eigenvalue weighted by atomic mass is 10.2. The van der Waals surface area contributed by atoms with E-state index in [4.69, 9.17) is 27.2 Å². The number of aromatic nitrogens is 6. The Hall–Kier alpha value is -4.16. The summed E-state index contributed by atoms with van der Waals surface area (Å²) in [5.74, 6) is 0.638. The number of furan rings is 1. The molecule has 5 aromatic rings. The third-order valence-electron chi connectivity index (χ3n) is 5.72. The molecule has 1 aliphatic rings. The van der Waals surface area contributed by atoms with Crippen LogP contribution >= 0.6 is 0 Å². The van der Waals surface area contributed by atoms with E-state index < -0.39 is 26.1 Å². The van der Waals surface area contributed by atoms with E-state index in [-0.39, 0.29) is 66.6 Å². The van der Waals surface area contributed by atoms with E-state index in [1.807, 2.05) is 0 Å². The molecule has 0 amide bonds. The predicted molar refractivity (Wildman–Crippen MR) is 139 cm³/mol. The Morgan fingerprint density at radius 3 is 2.70 bits per heavy atom. The fraction of sp³-hybridized carbons (Fsp3) is 0.360. The van der Waals surface area contributed by atoms with Crippen molar-refractivity contribution >= 4 is 28.3 Å². The first-order valence-electron chi connectivity index (χ1n) is 15.8. The molecule has 12 nitrogen and oxygen atoms in total. The van der Waals surface area contributed by atoms with Crippen molar-refractivity contribution in [3.05, 3.63) is 48.8 Å². The van der Waals surface area contributed by atoms with Gasteiger partial charge in [0.1, 0.15) is 12.3 Å². The van der Waals surface area contributed by atoms with Crippen LogP contribution in [0.15, 0.2) is 53.3 Å². The van der Waals surface area contributed by atoms with Crippen molar-refractivity contribution in [1.29, 1.82) is 0 Å². The van der Waals surface area contributed by atoms with Gasteiger partial charge in [0, 0.05) is 50.9 Å². The Kier molecular flexibility index (Phi) is 4.13. The summed E-state index contributed by atoms with van der Waals surface area (Å²) in [5.41, 5.74) is 7.08. The molecule has 1 aliphatic heterocycles. The van der Waals surface area contributed by atoms with Crippen LogP contribution in [-0.2, 0) is 11.3 Å². The molecule has 12 heteroatoms. The highest BCUT2D eigenvalue weighted by Crippen LogP contribution is 2.24. The normalized spacial score (nSPS) is 21.8. The molecule has 6 rings (SSSR count). The smallest absolute Gasteiger partial charge is 0.225 e. The molecule has 4 aromatic heterocycles. The van der Waals surface area contributed by atoms with Crippen LogP contribution in [0.2, 0.25) is 0 Å². The zero-order chi connectivity index (χ0) is 33.2. The Bertz CT molecular complexity index is 1860. The number of rotatable bonds is 9. The van der Waals surface area contributed by atoms with Gasteiger partial charge >= 0.3 is 0 Å². The Labute approximate surface area is 225 Å². The molecule has 0 radical (unpaired) electrons. The third-order valence-corrected chi connectivity index (χ3v) is 5.72. The maximum absolute atomic E-state index is 8.76. The van der Waals surface area contributed by atoms with Crippen LogP contribution in [0, 0.1) is 0 Å². The van der Waals surface area contributed by atoms with E-state index in [1.165, 1.54) is 44.6 Å². The first-order valence-corrected chi connectivity index (χ1v) is 11.3. The summed E-state index contributed by atoms with van der Waals surface area (Å²) < 4.78 is 92.3. The van der Waals surface area contributed by atoms with E-state index in [1.54, 1.807) is 12.1 Å². The minimum atomic E-state index is -2.80. The zero-order valence-corrected chi connectivity index (χ0v) is 19.7. The highest BCUT2D eigenvalue weighted by Gasteiger charge is 2.20. The number of nitrogen functional groups attached to an aromatic ring is 1. The first-order chi connectivity index (χ1) is 21.5. The zero-order valence-electron chi connectivity index (χ0n) is 28.7. The van der Waals surface area contributed by atoms with Gasteiger partial charge in [-0.15, -0.1) is 5.10 Å². The molecular weight excluding hydrogens is 474 g/mol. The van der Waals surface area contributed by atoms with Gasteiger partial charge in [-0.25, -0.2) is 9.67 Å². The highest BCUT2D eigenvalue weighted by atomic mass is 16.5. The number of hydrogen-bond acceptors (Lipinski definition) is 10. The second-order valence-corrected chi connectivity index (χ2v) is 7.98. The molecule has 37 heavy (non-hydrogen) atoms. The van der Waals surface area contributed by atoms with Crippen molar-refractivity contribution in [3.63, 3.8) is 0 Å². The number of anilines is 2. The van der Waals surface area contributed by atoms with Gasteiger partial charge in [-0.2, -0.15) is 14.6 Å². The molecule has 5 heterocycles. The topological polar surface area (TPSA) is 125 Å². The fourth-order valence-electron chi connectivity index (χ4n) is 3.89. The minimum Gasteiger partial charge on any atom is -0.491 e. The summed E-state index contributed by atoms with van der Waals surface area (Å²) in [6.07, 6.45) is 1.32. The second kappa shape index (κ2) is 10.1. The molecule has 0 unspecified atom stereocenters. The minimum absolute atomic E-state index is 0.00869. The fourth-order valence-corrected chi connectivity index (χ4v) is 3.89. The number of piperazine rings is 1. The van der Waals surface area contributed by atoms with Crippen molar-refractivity contribution in [1.82, 2.24) is 34.3 Å². The molecule has 0 aliphatic carbocycles. The number of ether oxygens (including phenoxy) is 2. The van der Waals surface area contributed by atoms with Gasteiger partial charge in [0.25, 0.3) is 0 Å². The van der Waals surface area contributed by atoms with Crippen LogP contribution in [-0.4, -0.2) is 87.1 Å². The molecule has 1 fully saturated rings. The van der Waals surface area contributed by atoms with Gasteiger partial charge in [0.2, 0.25) is 11.8 Å². The van der Waals surface area contributed by atoms with Crippen LogP contribution in [0.4, 0.5) is 11.6 Å². The van der Waals surface area contributed by atoms with E-state index >= 15 is 0 Å². The maximum Gasteiger partial charge on any atom is 0.225 e. The summed E-state index contributed by atoms with van der Waals surface area (Å²) in [4.78, 5) is 11.5. The summed E-state index contributed by atoms with van der Waals surface area (Å²) in [6.45, 7) is -10.4. The van der Waals surface area contributed by atoms with Crippen molar-refractivity contribution in [3.8, 4) is 17.3 Å². The third kappa shape index (κ3) is 4.68. The maximum atomic E-state index is 8.76. The highest BCUT2D eigenvalue weighted by molar-refractivity contribution is 5.90. The van der Waals surface area contributed by atoms with Crippen molar-refractivity contribution in [2.45, 2.75) is 6.54 Å². The Morgan fingerprint density at radius 1 is 1.11 bits per heavy atom. The lowest BCUT2D eigenvalue weighted by Crippen LogP contribution is -2.47.